The Hall–Kier alpha value is -3.50. The molecular formula is C29H36B2N4O6. The highest BCUT2D eigenvalue weighted by Gasteiger charge is 2.30. The molecule has 2 heterocycles. The summed E-state index contributed by atoms with van der Waals surface area (Å²) in [6.07, 6.45) is 5.38. The van der Waals surface area contributed by atoms with E-state index in [-0.39, 0.29) is 34.2 Å². The van der Waals surface area contributed by atoms with Gasteiger partial charge in [-0.1, -0.05) is 35.5 Å². The van der Waals surface area contributed by atoms with Gasteiger partial charge in [-0.15, -0.1) is 0 Å². The highest BCUT2D eigenvalue weighted by molar-refractivity contribution is 6.51. The van der Waals surface area contributed by atoms with Gasteiger partial charge in [0.1, 0.15) is 33.4 Å². The molecule has 0 saturated carbocycles. The van der Waals surface area contributed by atoms with Gasteiger partial charge in [0.2, 0.25) is 11.8 Å². The highest BCUT2D eigenvalue weighted by Crippen LogP contribution is 2.40. The number of unbranched alkanes of at least 4 members (excludes halogenated alkanes) is 2. The van der Waals surface area contributed by atoms with Gasteiger partial charge in [0.25, 0.3) is 0 Å². The number of imide groups is 1. The van der Waals surface area contributed by atoms with Crippen LogP contribution < -0.4 is 21.1 Å². The fraction of sp³-hybridized carbons (Fsp3) is 0.483. The summed E-state index contributed by atoms with van der Waals surface area (Å²) in [6, 6.07) is 5.31. The molecule has 2 amide bonds. The first-order valence-corrected chi connectivity index (χ1v) is 14.0. The molecule has 0 bridgehead atoms. The third-order valence-corrected chi connectivity index (χ3v) is 8.17. The minimum atomic E-state index is -0.526. The quantitative estimate of drug-likeness (QED) is 0.0750. The number of phenolic OH excluding ortho intramolecular Hbond substituents is 3. The summed E-state index contributed by atoms with van der Waals surface area (Å²) < 4.78 is 0. The molecule has 4 radical (unpaired) electrons. The molecule has 2 aliphatic heterocycles. The number of carbonyl (C=O) groups is 3. The number of aromatic hydroxyl groups is 3. The molecular weight excluding hydrogens is 522 g/mol. The lowest BCUT2D eigenvalue weighted by atomic mass is 9.78. The van der Waals surface area contributed by atoms with Crippen LogP contribution in [-0.4, -0.2) is 105 Å². The summed E-state index contributed by atoms with van der Waals surface area (Å²) in [4.78, 5) is 41.7. The standard InChI is InChI=1S/C29H36B2N4O6/c1-33(21-9-10-22(37)32-29(21)41)16-20-18(7-5-8-19(20)17-36)6-3-2-4-11-34-12-14-35(15-13-34)25-26(38)23(30)24(31)27(39)28(25)40/h5,7-8,17,21,38-40H,2-4,6,9-16H2,1H3,(H,32,37,41). The first-order chi connectivity index (χ1) is 19.6. The number of rotatable bonds is 11. The molecule has 0 spiro atoms. The number of nitrogens with zero attached hydrogens (tertiary/aromatic N) is 3. The van der Waals surface area contributed by atoms with Crippen LogP contribution in [0.4, 0.5) is 5.69 Å². The first kappa shape index (κ1) is 30.5. The lowest BCUT2D eigenvalue weighted by Crippen LogP contribution is -2.51. The van der Waals surface area contributed by atoms with Crippen molar-refractivity contribution in [3.63, 3.8) is 0 Å². The van der Waals surface area contributed by atoms with E-state index >= 15 is 0 Å². The van der Waals surface area contributed by atoms with Crippen LogP contribution in [0.1, 0.15) is 53.6 Å². The third kappa shape index (κ3) is 6.87. The number of benzene rings is 2. The van der Waals surface area contributed by atoms with Crippen LogP contribution in [0.2, 0.25) is 0 Å². The maximum atomic E-state index is 12.3. The highest BCUT2D eigenvalue weighted by atomic mass is 16.3. The van der Waals surface area contributed by atoms with E-state index < -0.39 is 17.5 Å². The van der Waals surface area contributed by atoms with E-state index in [1.54, 1.807) is 11.0 Å². The summed E-state index contributed by atoms with van der Waals surface area (Å²) in [5.74, 6) is -1.86. The zero-order valence-electron chi connectivity index (χ0n) is 23.4. The molecule has 1 unspecified atom stereocenters. The monoisotopic (exact) mass is 558 g/mol. The second-order valence-corrected chi connectivity index (χ2v) is 10.8. The van der Waals surface area contributed by atoms with E-state index in [4.69, 9.17) is 15.7 Å². The average Bonchev–Trinajstić information content (AvgIpc) is 2.96. The van der Waals surface area contributed by atoms with Crippen molar-refractivity contribution in [2.45, 2.75) is 51.1 Å². The number of piperazine rings is 1. The Morgan fingerprint density at radius 3 is 2.39 bits per heavy atom. The second-order valence-electron chi connectivity index (χ2n) is 10.8. The van der Waals surface area contributed by atoms with Crippen molar-refractivity contribution in [3.05, 3.63) is 34.9 Å². The molecule has 214 valence electrons. The van der Waals surface area contributed by atoms with E-state index in [9.17, 15) is 29.7 Å². The summed E-state index contributed by atoms with van der Waals surface area (Å²) in [5, 5.41) is 33.2. The van der Waals surface area contributed by atoms with Crippen molar-refractivity contribution in [3.8, 4) is 17.2 Å². The Balaban J connectivity index is 1.26. The predicted octanol–water partition coefficient (Wildman–Crippen LogP) is -0.0245. The summed E-state index contributed by atoms with van der Waals surface area (Å²) in [5.41, 5.74) is 2.34. The van der Waals surface area contributed by atoms with Gasteiger partial charge in [0.05, 0.1) is 6.04 Å². The van der Waals surface area contributed by atoms with Crippen LogP contribution in [0.15, 0.2) is 18.2 Å². The van der Waals surface area contributed by atoms with Gasteiger partial charge in [-0.05, 0) is 50.4 Å². The van der Waals surface area contributed by atoms with E-state index in [1.165, 1.54) is 0 Å². The van der Waals surface area contributed by atoms with Crippen molar-refractivity contribution in [2.24, 2.45) is 0 Å². The summed E-state index contributed by atoms with van der Waals surface area (Å²) in [6.45, 7) is 3.90. The molecule has 0 aromatic heterocycles. The maximum Gasteiger partial charge on any atom is 0.243 e. The Kier molecular flexibility index (Phi) is 9.99. The summed E-state index contributed by atoms with van der Waals surface area (Å²) in [7, 11) is 13.3. The van der Waals surface area contributed by atoms with Crippen LogP contribution in [0.25, 0.3) is 0 Å². The number of carbonyl (C=O) groups excluding carboxylic acids is 3. The molecule has 2 aromatic rings. The Morgan fingerprint density at radius 2 is 1.71 bits per heavy atom. The van der Waals surface area contributed by atoms with Crippen molar-refractivity contribution in [1.29, 1.82) is 0 Å². The van der Waals surface area contributed by atoms with Gasteiger partial charge in [-0.2, -0.15) is 0 Å². The predicted molar refractivity (Wildman–Crippen MR) is 158 cm³/mol. The molecule has 2 saturated heterocycles. The first-order valence-electron chi connectivity index (χ1n) is 14.0. The van der Waals surface area contributed by atoms with Gasteiger partial charge >= 0.3 is 0 Å². The fourth-order valence-electron chi connectivity index (χ4n) is 5.71. The lowest BCUT2D eigenvalue weighted by Gasteiger charge is -2.37. The fourth-order valence-corrected chi connectivity index (χ4v) is 5.71. The molecule has 2 aliphatic rings. The van der Waals surface area contributed by atoms with Crippen LogP contribution in [0.3, 0.4) is 0 Å². The SMILES string of the molecule is [B]c1c([B])c(O)c(N2CCN(CCCCCc3cccc(C=O)c3CN(C)C3CCC(=O)NC3=O)CC2)c(O)c1O. The number of nitrogens with one attached hydrogen (secondary N) is 1. The van der Waals surface area contributed by atoms with Gasteiger partial charge in [-0.25, -0.2) is 0 Å². The number of anilines is 1. The number of aldehydes is 1. The molecule has 4 rings (SSSR count). The van der Waals surface area contributed by atoms with E-state index in [1.807, 2.05) is 24.1 Å². The van der Waals surface area contributed by atoms with Crippen molar-refractivity contribution in [2.75, 3.05) is 44.7 Å². The molecule has 10 nitrogen and oxygen atoms in total. The van der Waals surface area contributed by atoms with Crippen molar-refractivity contribution >= 4 is 50.4 Å². The van der Waals surface area contributed by atoms with Gasteiger partial charge in [0, 0.05) is 44.7 Å². The van der Waals surface area contributed by atoms with E-state index in [0.717, 1.165) is 62.7 Å². The Labute approximate surface area is 243 Å². The van der Waals surface area contributed by atoms with Crippen LogP contribution in [-0.2, 0) is 22.6 Å². The van der Waals surface area contributed by atoms with E-state index in [0.29, 0.717) is 38.0 Å². The number of phenols is 3. The third-order valence-electron chi connectivity index (χ3n) is 8.17. The van der Waals surface area contributed by atoms with Gasteiger partial charge < -0.3 is 20.2 Å². The normalized spacial score (nSPS) is 18.1. The van der Waals surface area contributed by atoms with Crippen LogP contribution >= 0.6 is 0 Å². The molecule has 12 heteroatoms. The minimum absolute atomic E-state index is 0.102. The van der Waals surface area contributed by atoms with E-state index in [2.05, 4.69) is 10.2 Å². The minimum Gasteiger partial charge on any atom is -0.506 e. The van der Waals surface area contributed by atoms with Crippen molar-refractivity contribution < 1.29 is 29.7 Å². The Morgan fingerprint density at radius 1 is 1.00 bits per heavy atom. The Bertz CT molecular complexity index is 1270. The number of likely N-dealkylation sites (N-methyl/N-ethyl adjacent to an activating group) is 1. The molecule has 41 heavy (non-hydrogen) atoms. The largest absolute Gasteiger partial charge is 0.506 e. The van der Waals surface area contributed by atoms with Gasteiger partial charge in [-0.3, -0.25) is 29.5 Å². The molecule has 2 fully saturated rings. The summed E-state index contributed by atoms with van der Waals surface area (Å²) >= 11 is 0. The number of aryl methyl sites for hydroxylation is 1. The average molecular weight is 558 g/mol. The maximum absolute atomic E-state index is 12.3. The lowest BCUT2D eigenvalue weighted by molar-refractivity contribution is -0.137. The molecule has 4 N–H and O–H groups in total. The second kappa shape index (κ2) is 13.4. The van der Waals surface area contributed by atoms with Gasteiger partial charge in [0.15, 0.2) is 11.5 Å². The number of piperidine rings is 1. The topological polar surface area (TPSA) is 134 Å². The number of amides is 2. The zero-order chi connectivity index (χ0) is 29.7. The number of hydrogen-bond donors (Lipinski definition) is 4. The molecule has 2 aromatic carbocycles. The molecule has 1 atom stereocenters. The molecule has 0 aliphatic carbocycles. The zero-order valence-corrected chi connectivity index (χ0v) is 23.4. The smallest absolute Gasteiger partial charge is 0.243 e. The van der Waals surface area contributed by atoms with Crippen LogP contribution in [0.5, 0.6) is 17.2 Å². The van der Waals surface area contributed by atoms with Crippen LogP contribution in [0, 0.1) is 0 Å². The number of hydrogen-bond acceptors (Lipinski definition) is 9. The van der Waals surface area contributed by atoms with Crippen molar-refractivity contribution in [1.82, 2.24) is 15.1 Å².